The smallest absolute Gasteiger partial charge is 0.255 e. The summed E-state index contributed by atoms with van der Waals surface area (Å²) in [6, 6.07) is 5.07. The summed E-state index contributed by atoms with van der Waals surface area (Å²) in [6.07, 6.45) is 5.11. The van der Waals surface area contributed by atoms with Gasteiger partial charge in [0.1, 0.15) is 11.6 Å². The van der Waals surface area contributed by atoms with Crippen molar-refractivity contribution in [2.24, 2.45) is 0 Å². The molecule has 0 aliphatic carbocycles. The predicted octanol–water partition coefficient (Wildman–Crippen LogP) is 1.93. The van der Waals surface area contributed by atoms with Gasteiger partial charge in [-0.2, -0.15) is 0 Å². The molecule has 0 fully saturated rings. The van der Waals surface area contributed by atoms with E-state index in [4.69, 9.17) is 4.74 Å². The van der Waals surface area contributed by atoms with Crippen LogP contribution >= 0.6 is 0 Å². The number of nitrogens with one attached hydrogen (secondary N) is 1. The molecule has 4 rings (SSSR count). The van der Waals surface area contributed by atoms with Gasteiger partial charge >= 0.3 is 0 Å². The van der Waals surface area contributed by atoms with E-state index < -0.39 is 5.82 Å². The number of ether oxygens (including phenoxy) is 1. The Balaban J connectivity index is 1.59. The first-order valence-electron chi connectivity index (χ1n) is 8.57. The number of aromatic amines is 1. The number of pyridine rings is 2. The Morgan fingerprint density at radius 1 is 1.37 bits per heavy atom. The highest BCUT2D eigenvalue weighted by molar-refractivity contribution is 5.53. The number of nitrogens with zero attached hydrogens (tertiary/aromatic N) is 4. The summed E-state index contributed by atoms with van der Waals surface area (Å²) in [7, 11) is 1.50. The second-order valence-corrected chi connectivity index (χ2v) is 6.36. The molecule has 0 saturated heterocycles. The summed E-state index contributed by atoms with van der Waals surface area (Å²) in [4.78, 5) is 30.1. The summed E-state index contributed by atoms with van der Waals surface area (Å²) >= 11 is 0. The van der Waals surface area contributed by atoms with Gasteiger partial charge in [-0.25, -0.2) is 14.4 Å². The van der Waals surface area contributed by atoms with Crippen molar-refractivity contribution in [2.45, 2.75) is 19.5 Å². The van der Waals surface area contributed by atoms with Crippen LogP contribution in [0.15, 0.2) is 41.6 Å². The zero-order chi connectivity index (χ0) is 18.8. The maximum atomic E-state index is 13.5. The summed E-state index contributed by atoms with van der Waals surface area (Å²) < 4.78 is 18.7. The molecule has 8 heteroatoms. The lowest BCUT2D eigenvalue weighted by molar-refractivity contribution is 0.236. The minimum atomic E-state index is -0.413. The average Bonchev–Trinajstić information content (AvgIpc) is 2.69. The van der Waals surface area contributed by atoms with Crippen molar-refractivity contribution >= 4 is 0 Å². The van der Waals surface area contributed by atoms with Gasteiger partial charge in [0, 0.05) is 49.6 Å². The molecule has 0 spiro atoms. The molecule has 3 aromatic heterocycles. The zero-order valence-corrected chi connectivity index (χ0v) is 14.8. The minimum absolute atomic E-state index is 0.159. The van der Waals surface area contributed by atoms with Gasteiger partial charge in [-0.05, 0) is 18.2 Å². The van der Waals surface area contributed by atoms with Gasteiger partial charge in [0.05, 0.1) is 24.6 Å². The van der Waals surface area contributed by atoms with Gasteiger partial charge in [0.2, 0.25) is 5.88 Å². The maximum absolute atomic E-state index is 13.5. The lowest BCUT2D eigenvalue weighted by Gasteiger charge is -2.28. The van der Waals surface area contributed by atoms with Gasteiger partial charge in [-0.3, -0.25) is 14.7 Å². The van der Waals surface area contributed by atoms with Crippen molar-refractivity contribution < 1.29 is 9.13 Å². The quantitative estimate of drug-likeness (QED) is 0.759. The Labute approximate surface area is 154 Å². The van der Waals surface area contributed by atoms with E-state index in [2.05, 4.69) is 24.8 Å². The van der Waals surface area contributed by atoms with E-state index in [1.165, 1.54) is 13.2 Å². The summed E-state index contributed by atoms with van der Waals surface area (Å²) in [6.45, 7) is 1.58. The normalized spacial score (nSPS) is 14.0. The molecule has 0 aromatic carbocycles. The second-order valence-electron chi connectivity index (χ2n) is 6.36. The molecule has 1 aliphatic heterocycles. The van der Waals surface area contributed by atoms with Crippen molar-refractivity contribution in [2.75, 3.05) is 13.7 Å². The lowest BCUT2D eigenvalue weighted by Crippen LogP contribution is -2.35. The van der Waals surface area contributed by atoms with E-state index in [0.717, 1.165) is 17.5 Å². The first kappa shape index (κ1) is 17.3. The van der Waals surface area contributed by atoms with Crippen LogP contribution in [0.5, 0.6) is 5.88 Å². The molecule has 1 aliphatic rings. The van der Waals surface area contributed by atoms with Crippen molar-refractivity contribution in [1.82, 2.24) is 24.8 Å². The van der Waals surface area contributed by atoms with Crippen LogP contribution in [0, 0.1) is 5.82 Å². The fraction of sp³-hybridized carbons (Fsp3) is 0.263. The third-order valence-corrected chi connectivity index (χ3v) is 4.56. The Kier molecular flexibility index (Phi) is 4.64. The van der Waals surface area contributed by atoms with Crippen LogP contribution < -0.4 is 10.3 Å². The third kappa shape index (κ3) is 3.56. The van der Waals surface area contributed by atoms with Gasteiger partial charge in [0.25, 0.3) is 5.56 Å². The molecule has 0 radical (unpaired) electrons. The standard InChI is InChI=1S/C19H18FN5O2/c1-27-19-13(7-14(20)9-22-19)10-25-6-4-16-15(11-25)18(26)24-17(23-16)12-3-2-5-21-8-12/h2-3,5,7-9H,4,6,10-11H2,1H3,(H,23,24,26). The topological polar surface area (TPSA) is 84.0 Å². The number of rotatable bonds is 4. The zero-order valence-electron chi connectivity index (χ0n) is 14.8. The molecule has 4 heterocycles. The van der Waals surface area contributed by atoms with Crippen molar-refractivity contribution in [1.29, 1.82) is 0 Å². The van der Waals surface area contributed by atoms with E-state index in [1.807, 2.05) is 6.07 Å². The van der Waals surface area contributed by atoms with Crippen molar-refractivity contribution in [3.8, 4) is 17.3 Å². The number of H-pyrrole nitrogens is 1. The van der Waals surface area contributed by atoms with Gasteiger partial charge < -0.3 is 9.72 Å². The minimum Gasteiger partial charge on any atom is -0.481 e. The van der Waals surface area contributed by atoms with Gasteiger partial charge in [0.15, 0.2) is 0 Å². The molecular weight excluding hydrogens is 349 g/mol. The monoisotopic (exact) mass is 367 g/mol. The van der Waals surface area contributed by atoms with Gasteiger partial charge in [-0.15, -0.1) is 0 Å². The predicted molar refractivity (Wildman–Crippen MR) is 96.7 cm³/mol. The Bertz CT molecular complexity index is 1020. The van der Waals surface area contributed by atoms with Crippen LogP contribution in [0.25, 0.3) is 11.4 Å². The van der Waals surface area contributed by atoms with E-state index in [0.29, 0.717) is 48.9 Å². The van der Waals surface area contributed by atoms with Crippen LogP contribution in [0.1, 0.15) is 16.8 Å². The van der Waals surface area contributed by atoms with E-state index in [9.17, 15) is 9.18 Å². The Hall–Kier alpha value is -3.13. The SMILES string of the molecule is COc1ncc(F)cc1CN1CCc2nc(-c3cccnc3)[nH]c(=O)c2C1. The largest absolute Gasteiger partial charge is 0.481 e. The molecule has 0 atom stereocenters. The first-order chi connectivity index (χ1) is 13.1. The molecule has 0 bridgehead atoms. The number of aromatic nitrogens is 4. The molecule has 0 unspecified atom stereocenters. The van der Waals surface area contributed by atoms with Crippen LogP contribution in [0.4, 0.5) is 4.39 Å². The fourth-order valence-electron chi connectivity index (χ4n) is 3.26. The molecule has 0 amide bonds. The highest BCUT2D eigenvalue weighted by Gasteiger charge is 2.23. The highest BCUT2D eigenvalue weighted by Crippen LogP contribution is 2.22. The van der Waals surface area contributed by atoms with E-state index >= 15 is 0 Å². The van der Waals surface area contributed by atoms with Crippen LogP contribution in [0.3, 0.4) is 0 Å². The highest BCUT2D eigenvalue weighted by atomic mass is 19.1. The molecule has 7 nitrogen and oxygen atoms in total. The van der Waals surface area contributed by atoms with E-state index in [-0.39, 0.29) is 5.56 Å². The molecule has 0 saturated carbocycles. The molecule has 3 aromatic rings. The van der Waals surface area contributed by atoms with Crippen LogP contribution in [0.2, 0.25) is 0 Å². The summed E-state index contributed by atoms with van der Waals surface area (Å²) in [5.74, 6) is 0.501. The average molecular weight is 367 g/mol. The Morgan fingerprint density at radius 2 is 2.26 bits per heavy atom. The number of halogens is 1. The third-order valence-electron chi connectivity index (χ3n) is 4.56. The van der Waals surface area contributed by atoms with Crippen LogP contribution in [-0.2, 0) is 19.5 Å². The van der Waals surface area contributed by atoms with Gasteiger partial charge in [-0.1, -0.05) is 0 Å². The fourth-order valence-corrected chi connectivity index (χ4v) is 3.26. The van der Waals surface area contributed by atoms with Crippen molar-refractivity contribution in [3.05, 3.63) is 69.8 Å². The number of hydrogen-bond donors (Lipinski definition) is 1. The summed E-state index contributed by atoms with van der Waals surface area (Å²) in [5.41, 5.74) is 2.69. The summed E-state index contributed by atoms with van der Waals surface area (Å²) in [5, 5.41) is 0. The number of fused-ring (bicyclic) bond motifs is 1. The molecule has 138 valence electrons. The Morgan fingerprint density at radius 3 is 3.04 bits per heavy atom. The lowest BCUT2D eigenvalue weighted by atomic mass is 10.1. The second kappa shape index (κ2) is 7.24. The maximum Gasteiger partial charge on any atom is 0.255 e. The number of methoxy groups -OCH3 is 1. The van der Waals surface area contributed by atoms with Crippen LogP contribution in [-0.4, -0.2) is 38.5 Å². The molecule has 27 heavy (non-hydrogen) atoms. The van der Waals surface area contributed by atoms with E-state index in [1.54, 1.807) is 18.5 Å². The first-order valence-corrected chi connectivity index (χ1v) is 8.57. The molecular formula is C19H18FN5O2. The molecule has 1 N–H and O–H groups in total. The number of hydrogen-bond acceptors (Lipinski definition) is 6. The van der Waals surface area contributed by atoms with Crippen molar-refractivity contribution in [3.63, 3.8) is 0 Å².